The third-order valence-corrected chi connectivity index (χ3v) is 5.13. The standard InChI is InChI=1S/C22H22N6O2/c1-15-18(10-11-19(29)24-14-16-7-6-12-23-13-16)21(30)28-22(27(15)2)25-20(26-28)17-8-4-3-5-9-17/h3-9,12-13H,10-11,14H2,1-2H3,(H,24,29). The van der Waals surface area contributed by atoms with E-state index in [0.29, 0.717) is 30.1 Å². The molecule has 8 nitrogen and oxygen atoms in total. The van der Waals surface area contributed by atoms with Gasteiger partial charge in [-0.15, -0.1) is 5.10 Å². The quantitative estimate of drug-likeness (QED) is 0.533. The molecule has 0 unspecified atom stereocenters. The van der Waals surface area contributed by atoms with Gasteiger partial charge in [-0.3, -0.25) is 14.6 Å². The predicted molar refractivity (Wildman–Crippen MR) is 113 cm³/mol. The lowest BCUT2D eigenvalue weighted by atomic mass is 10.1. The highest BCUT2D eigenvalue weighted by atomic mass is 16.1. The lowest BCUT2D eigenvalue weighted by molar-refractivity contribution is -0.121. The summed E-state index contributed by atoms with van der Waals surface area (Å²) in [5, 5.41) is 7.28. The van der Waals surface area contributed by atoms with Crippen LogP contribution in [-0.4, -0.2) is 30.1 Å². The lowest BCUT2D eigenvalue weighted by Gasteiger charge is -2.11. The number of nitrogens with one attached hydrogen (secondary N) is 1. The molecule has 4 aromatic rings. The molecule has 1 N–H and O–H groups in total. The molecule has 0 aliphatic carbocycles. The summed E-state index contributed by atoms with van der Waals surface area (Å²) >= 11 is 0. The van der Waals surface area contributed by atoms with Crippen molar-refractivity contribution in [1.82, 2.24) is 29.5 Å². The van der Waals surface area contributed by atoms with Crippen LogP contribution in [0.4, 0.5) is 0 Å². The van der Waals surface area contributed by atoms with E-state index in [9.17, 15) is 9.59 Å². The van der Waals surface area contributed by atoms with Crippen LogP contribution in [0.15, 0.2) is 59.7 Å². The summed E-state index contributed by atoms with van der Waals surface area (Å²) < 4.78 is 3.15. The number of aromatic nitrogens is 5. The summed E-state index contributed by atoms with van der Waals surface area (Å²) in [6.45, 7) is 2.27. The topological polar surface area (TPSA) is 94.2 Å². The average Bonchev–Trinajstić information content (AvgIpc) is 3.23. The van der Waals surface area contributed by atoms with E-state index in [1.165, 1.54) is 4.52 Å². The van der Waals surface area contributed by atoms with Crippen molar-refractivity contribution in [3.05, 3.63) is 82.0 Å². The zero-order chi connectivity index (χ0) is 21.1. The van der Waals surface area contributed by atoms with Gasteiger partial charge in [0.15, 0.2) is 5.82 Å². The fourth-order valence-electron chi connectivity index (χ4n) is 3.32. The Bertz CT molecular complexity index is 1250. The maximum absolute atomic E-state index is 13.0. The minimum absolute atomic E-state index is 0.121. The number of carbonyl (C=O) groups excluding carboxylic acids is 1. The molecule has 0 aliphatic heterocycles. The van der Waals surface area contributed by atoms with Gasteiger partial charge in [0.05, 0.1) is 0 Å². The molecule has 8 heteroatoms. The van der Waals surface area contributed by atoms with Gasteiger partial charge >= 0.3 is 0 Å². The summed E-state index contributed by atoms with van der Waals surface area (Å²) in [7, 11) is 1.85. The molecule has 0 aliphatic rings. The second-order valence-corrected chi connectivity index (χ2v) is 7.08. The van der Waals surface area contributed by atoms with Crippen LogP contribution < -0.4 is 10.9 Å². The number of nitrogens with zero attached hydrogens (tertiary/aromatic N) is 5. The first-order valence-electron chi connectivity index (χ1n) is 9.71. The summed E-state index contributed by atoms with van der Waals surface area (Å²) in [5.41, 5.74) is 2.87. The molecule has 4 rings (SSSR count). The van der Waals surface area contributed by atoms with Crippen molar-refractivity contribution in [3.8, 4) is 11.4 Å². The average molecular weight is 402 g/mol. The van der Waals surface area contributed by atoms with Crippen LogP contribution in [-0.2, 0) is 24.8 Å². The molecule has 0 bridgehead atoms. The Morgan fingerprint density at radius 3 is 2.67 bits per heavy atom. The van der Waals surface area contributed by atoms with Crippen molar-refractivity contribution in [1.29, 1.82) is 0 Å². The second-order valence-electron chi connectivity index (χ2n) is 7.08. The minimum Gasteiger partial charge on any atom is -0.352 e. The molecule has 0 saturated heterocycles. The van der Waals surface area contributed by atoms with Crippen molar-refractivity contribution >= 4 is 11.7 Å². The molecule has 152 valence electrons. The first-order chi connectivity index (χ1) is 14.5. The molecule has 1 aromatic carbocycles. The SMILES string of the molecule is Cc1c(CCC(=O)NCc2cccnc2)c(=O)n2nc(-c3ccccc3)nc2n1C. The van der Waals surface area contributed by atoms with Crippen LogP contribution >= 0.6 is 0 Å². The van der Waals surface area contributed by atoms with Crippen molar-refractivity contribution in [2.45, 2.75) is 26.3 Å². The predicted octanol–water partition coefficient (Wildman–Crippen LogP) is 2.05. The Hall–Kier alpha value is -3.81. The number of rotatable bonds is 6. The third kappa shape index (κ3) is 3.84. The molecule has 3 aromatic heterocycles. The third-order valence-electron chi connectivity index (χ3n) is 5.13. The molecule has 0 spiro atoms. The Kier molecular flexibility index (Phi) is 5.38. The van der Waals surface area contributed by atoms with Crippen molar-refractivity contribution in [3.63, 3.8) is 0 Å². The number of amides is 1. The lowest BCUT2D eigenvalue weighted by Crippen LogP contribution is -2.28. The van der Waals surface area contributed by atoms with Gasteiger partial charge in [-0.25, -0.2) is 0 Å². The van der Waals surface area contributed by atoms with Gasteiger partial charge in [0.1, 0.15) is 0 Å². The summed E-state index contributed by atoms with van der Waals surface area (Å²) in [6.07, 6.45) is 3.94. The molecule has 1 amide bonds. The first kappa shape index (κ1) is 19.5. The number of hydrogen-bond acceptors (Lipinski definition) is 5. The van der Waals surface area contributed by atoms with Crippen LogP contribution in [0.1, 0.15) is 23.2 Å². The monoisotopic (exact) mass is 402 g/mol. The van der Waals surface area contributed by atoms with Crippen LogP contribution in [0.25, 0.3) is 17.2 Å². The largest absolute Gasteiger partial charge is 0.352 e. The Labute approximate surface area is 173 Å². The Morgan fingerprint density at radius 2 is 1.93 bits per heavy atom. The van der Waals surface area contributed by atoms with E-state index in [2.05, 4.69) is 20.4 Å². The second kappa shape index (κ2) is 8.28. The number of hydrogen-bond donors (Lipinski definition) is 1. The Morgan fingerprint density at radius 1 is 1.13 bits per heavy atom. The van der Waals surface area contributed by atoms with Crippen LogP contribution in [0, 0.1) is 6.92 Å². The summed E-state index contributed by atoms with van der Waals surface area (Å²) in [6, 6.07) is 13.3. The summed E-state index contributed by atoms with van der Waals surface area (Å²) in [5.74, 6) is 0.846. The van der Waals surface area contributed by atoms with E-state index in [4.69, 9.17) is 0 Å². The van der Waals surface area contributed by atoms with E-state index in [1.54, 1.807) is 12.4 Å². The molecule has 0 fully saturated rings. The highest BCUT2D eigenvalue weighted by Gasteiger charge is 2.17. The Balaban J connectivity index is 1.55. The number of aryl methyl sites for hydroxylation is 1. The maximum Gasteiger partial charge on any atom is 0.279 e. The van der Waals surface area contributed by atoms with Crippen LogP contribution in [0.5, 0.6) is 0 Å². The fourth-order valence-corrected chi connectivity index (χ4v) is 3.32. The van der Waals surface area contributed by atoms with E-state index >= 15 is 0 Å². The van der Waals surface area contributed by atoms with Gasteiger partial charge in [-0.1, -0.05) is 36.4 Å². The van der Waals surface area contributed by atoms with Crippen molar-refractivity contribution in [2.24, 2.45) is 7.05 Å². The number of fused-ring (bicyclic) bond motifs is 1. The fraction of sp³-hybridized carbons (Fsp3) is 0.227. The zero-order valence-electron chi connectivity index (χ0n) is 16.9. The van der Waals surface area contributed by atoms with Crippen LogP contribution in [0.2, 0.25) is 0 Å². The van der Waals surface area contributed by atoms with E-state index in [1.807, 2.05) is 61.0 Å². The zero-order valence-corrected chi connectivity index (χ0v) is 16.9. The summed E-state index contributed by atoms with van der Waals surface area (Å²) in [4.78, 5) is 33.9. The number of benzene rings is 1. The first-order valence-corrected chi connectivity index (χ1v) is 9.71. The van der Waals surface area contributed by atoms with Gasteiger partial charge in [-0.05, 0) is 25.0 Å². The number of carbonyl (C=O) groups is 1. The molecule has 0 saturated carbocycles. The van der Waals surface area contributed by atoms with Gasteiger partial charge in [-0.2, -0.15) is 9.50 Å². The smallest absolute Gasteiger partial charge is 0.279 e. The van der Waals surface area contributed by atoms with E-state index in [-0.39, 0.29) is 17.9 Å². The van der Waals surface area contributed by atoms with Gasteiger partial charge < -0.3 is 9.88 Å². The van der Waals surface area contributed by atoms with Gasteiger partial charge in [0.25, 0.3) is 5.56 Å². The molecule has 30 heavy (non-hydrogen) atoms. The van der Waals surface area contributed by atoms with Crippen molar-refractivity contribution < 1.29 is 4.79 Å². The highest BCUT2D eigenvalue weighted by Crippen LogP contribution is 2.16. The normalized spacial score (nSPS) is 11.0. The molecule has 0 radical (unpaired) electrons. The van der Waals surface area contributed by atoms with Gasteiger partial charge in [0, 0.05) is 49.2 Å². The minimum atomic E-state index is -0.240. The van der Waals surface area contributed by atoms with Crippen LogP contribution in [0.3, 0.4) is 0 Å². The van der Waals surface area contributed by atoms with Gasteiger partial charge in [0.2, 0.25) is 11.7 Å². The number of pyridine rings is 1. The maximum atomic E-state index is 13.0. The van der Waals surface area contributed by atoms with E-state index in [0.717, 1.165) is 16.8 Å². The molecule has 0 atom stereocenters. The van der Waals surface area contributed by atoms with Crippen molar-refractivity contribution in [2.75, 3.05) is 0 Å². The highest BCUT2D eigenvalue weighted by molar-refractivity contribution is 5.76. The molecular formula is C22H22N6O2. The molecule has 3 heterocycles. The molecular weight excluding hydrogens is 380 g/mol. The van der Waals surface area contributed by atoms with E-state index < -0.39 is 0 Å².